The third kappa shape index (κ3) is 2.23. The lowest BCUT2D eigenvalue weighted by Gasteiger charge is -2.27. The van der Waals surface area contributed by atoms with Crippen molar-refractivity contribution in [3.63, 3.8) is 0 Å². The van der Waals surface area contributed by atoms with E-state index >= 15 is 0 Å². The molecule has 106 valence electrons. The predicted molar refractivity (Wildman–Crippen MR) is 79.7 cm³/mol. The van der Waals surface area contributed by atoms with Crippen LogP contribution in [0.1, 0.15) is 42.5 Å². The highest BCUT2D eigenvalue weighted by Gasteiger charge is 2.40. The van der Waals surface area contributed by atoms with E-state index in [0.717, 1.165) is 12.8 Å². The molecule has 3 rings (SSSR count). The van der Waals surface area contributed by atoms with Gasteiger partial charge in [-0.2, -0.15) is 0 Å². The fourth-order valence-electron chi connectivity index (χ4n) is 3.15. The zero-order valence-electron chi connectivity index (χ0n) is 11.0. The second kappa shape index (κ2) is 5.38. The number of amides is 1. The number of nitrogens with zero attached hydrogens (tertiary/aromatic N) is 1. The number of rotatable bonds is 2. The summed E-state index contributed by atoms with van der Waals surface area (Å²) in [6, 6.07) is 3.21. The first-order valence-electron chi connectivity index (χ1n) is 6.94. The number of benzene rings is 1. The monoisotopic (exact) mass is 311 g/mol. The molecule has 0 unspecified atom stereocenters. The van der Waals surface area contributed by atoms with E-state index in [1.807, 2.05) is 0 Å². The molecule has 0 bridgehead atoms. The largest absolute Gasteiger partial charge is 0.303 e. The molecule has 0 saturated heterocycles. The first-order valence-corrected chi connectivity index (χ1v) is 7.69. The van der Waals surface area contributed by atoms with Crippen molar-refractivity contribution in [1.29, 1.82) is 0 Å². The Morgan fingerprint density at radius 1 is 1.05 bits per heavy atom. The molecule has 0 atom stereocenters. The van der Waals surface area contributed by atoms with Gasteiger partial charge in [0.2, 0.25) is 0 Å². The SMILES string of the molecule is O=C1C(=O)N(CC2CCCCC2)c2c(Cl)ccc(Cl)c21. The summed E-state index contributed by atoms with van der Waals surface area (Å²) in [5.41, 5.74) is 0.764. The molecule has 1 aromatic carbocycles. The lowest BCUT2D eigenvalue weighted by atomic mass is 9.89. The Bertz CT molecular complexity index is 579. The van der Waals surface area contributed by atoms with Crippen molar-refractivity contribution in [2.75, 3.05) is 11.4 Å². The minimum atomic E-state index is -0.539. The van der Waals surface area contributed by atoms with Crippen molar-refractivity contribution in [2.45, 2.75) is 32.1 Å². The van der Waals surface area contributed by atoms with Crippen LogP contribution >= 0.6 is 23.2 Å². The molecule has 1 aliphatic heterocycles. The molecule has 1 aliphatic carbocycles. The van der Waals surface area contributed by atoms with Gasteiger partial charge < -0.3 is 4.90 Å². The number of hydrogen-bond donors (Lipinski definition) is 0. The molecule has 0 radical (unpaired) electrons. The summed E-state index contributed by atoms with van der Waals surface area (Å²) >= 11 is 12.2. The number of Topliss-reactive ketones (excluding diaryl/α,β-unsaturated/α-hetero) is 1. The van der Waals surface area contributed by atoms with Crippen molar-refractivity contribution in [2.24, 2.45) is 5.92 Å². The molecule has 1 fully saturated rings. The van der Waals surface area contributed by atoms with E-state index in [-0.39, 0.29) is 5.56 Å². The van der Waals surface area contributed by atoms with E-state index in [2.05, 4.69) is 0 Å². The van der Waals surface area contributed by atoms with Crippen molar-refractivity contribution < 1.29 is 9.59 Å². The highest BCUT2D eigenvalue weighted by Crippen LogP contribution is 2.41. The zero-order valence-corrected chi connectivity index (χ0v) is 12.5. The molecule has 0 aromatic heterocycles. The van der Waals surface area contributed by atoms with E-state index in [1.165, 1.54) is 24.2 Å². The van der Waals surface area contributed by atoms with Crippen molar-refractivity contribution in [3.05, 3.63) is 27.7 Å². The molecule has 20 heavy (non-hydrogen) atoms. The maximum Gasteiger partial charge on any atom is 0.299 e. The Balaban J connectivity index is 1.95. The van der Waals surface area contributed by atoms with Gasteiger partial charge >= 0.3 is 0 Å². The summed E-state index contributed by atoms with van der Waals surface area (Å²) in [5, 5.41) is 0.716. The average molecular weight is 312 g/mol. The van der Waals surface area contributed by atoms with Gasteiger partial charge in [0.1, 0.15) is 0 Å². The summed E-state index contributed by atoms with van der Waals surface area (Å²) in [5.74, 6) is -0.592. The number of carbonyl (C=O) groups is 2. The molecule has 1 aromatic rings. The first-order chi connectivity index (χ1) is 9.59. The van der Waals surface area contributed by atoms with E-state index in [9.17, 15) is 9.59 Å². The lowest BCUT2D eigenvalue weighted by molar-refractivity contribution is -0.114. The highest BCUT2D eigenvalue weighted by molar-refractivity contribution is 6.56. The van der Waals surface area contributed by atoms with Gasteiger partial charge in [-0.05, 0) is 30.9 Å². The van der Waals surface area contributed by atoms with Gasteiger partial charge in [0.25, 0.3) is 11.7 Å². The smallest absolute Gasteiger partial charge is 0.299 e. The molecular formula is C15H15Cl2NO2. The molecule has 2 aliphatic rings. The Morgan fingerprint density at radius 3 is 2.40 bits per heavy atom. The Kier molecular flexibility index (Phi) is 3.74. The zero-order chi connectivity index (χ0) is 14.3. The van der Waals surface area contributed by atoms with Crippen LogP contribution in [0.3, 0.4) is 0 Å². The van der Waals surface area contributed by atoms with Gasteiger partial charge in [-0.25, -0.2) is 0 Å². The normalized spacial score (nSPS) is 19.6. The molecule has 0 spiro atoms. The average Bonchev–Trinajstić information content (AvgIpc) is 2.70. The molecular weight excluding hydrogens is 297 g/mol. The van der Waals surface area contributed by atoms with Crippen molar-refractivity contribution in [1.82, 2.24) is 0 Å². The minimum absolute atomic E-state index is 0.264. The molecule has 1 heterocycles. The number of halogens is 2. The van der Waals surface area contributed by atoms with Crippen LogP contribution in [0.25, 0.3) is 0 Å². The summed E-state index contributed by atoms with van der Waals surface area (Å²) in [7, 11) is 0. The van der Waals surface area contributed by atoms with Gasteiger partial charge in [-0.1, -0.05) is 42.5 Å². The van der Waals surface area contributed by atoms with Crippen LogP contribution in [0.5, 0.6) is 0 Å². The van der Waals surface area contributed by atoms with Crippen LogP contribution in [0.2, 0.25) is 10.0 Å². The summed E-state index contributed by atoms with van der Waals surface area (Å²) in [4.78, 5) is 25.8. The Hall–Kier alpha value is -1.06. The molecule has 1 saturated carbocycles. The molecule has 5 heteroatoms. The van der Waals surface area contributed by atoms with Gasteiger partial charge in [-0.3, -0.25) is 9.59 Å². The van der Waals surface area contributed by atoms with Gasteiger partial charge in [0.15, 0.2) is 0 Å². The van der Waals surface area contributed by atoms with E-state index in [1.54, 1.807) is 12.1 Å². The second-order valence-electron chi connectivity index (χ2n) is 5.50. The number of ketones is 1. The third-order valence-corrected chi connectivity index (χ3v) is 4.80. The van der Waals surface area contributed by atoms with E-state index < -0.39 is 11.7 Å². The van der Waals surface area contributed by atoms with E-state index in [0.29, 0.717) is 28.2 Å². The quantitative estimate of drug-likeness (QED) is 0.771. The summed E-state index contributed by atoms with van der Waals surface area (Å²) in [6.07, 6.45) is 5.84. The Morgan fingerprint density at radius 2 is 1.70 bits per heavy atom. The minimum Gasteiger partial charge on any atom is -0.303 e. The van der Waals surface area contributed by atoms with Gasteiger partial charge in [0, 0.05) is 6.54 Å². The van der Waals surface area contributed by atoms with E-state index in [4.69, 9.17) is 23.2 Å². The molecule has 0 N–H and O–H groups in total. The van der Waals surface area contributed by atoms with Crippen molar-refractivity contribution in [3.8, 4) is 0 Å². The van der Waals surface area contributed by atoms with Crippen LogP contribution < -0.4 is 4.90 Å². The summed E-state index contributed by atoms with van der Waals surface area (Å²) < 4.78 is 0. The fraction of sp³-hybridized carbons (Fsp3) is 0.467. The number of carbonyl (C=O) groups excluding carboxylic acids is 2. The number of anilines is 1. The Labute approximate surface area is 127 Å². The maximum atomic E-state index is 12.2. The summed E-state index contributed by atoms with van der Waals surface area (Å²) in [6.45, 7) is 0.567. The second-order valence-corrected chi connectivity index (χ2v) is 6.32. The van der Waals surface area contributed by atoms with Crippen LogP contribution in [0.4, 0.5) is 5.69 Å². The fourth-order valence-corrected chi connectivity index (χ4v) is 3.65. The highest BCUT2D eigenvalue weighted by atomic mass is 35.5. The van der Waals surface area contributed by atoms with Crippen LogP contribution in [0.15, 0.2) is 12.1 Å². The molecule has 1 amide bonds. The molecule has 3 nitrogen and oxygen atoms in total. The van der Waals surface area contributed by atoms with Crippen LogP contribution in [0, 0.1) is 5.92 Å². The predicted octanol–water partition coefficient (Wildman–Crippen LogP) is 4.10. The van der Waals surface area contributed by atoms with Crippen LogP contribution in [-0.4, -0.2) is 18.2 Å². The first kappa shape index (κ1) is 13.9. The third-order valence-electron chi connectivity index (χ3n) is 4.18. The number of fused-ring (bicyclic) bond motifs is 1. The topological polar surface area (TPSA) is 37.4 Å². The van der Waals surface area contributed by atoms with Crippen molar-refractivity contribution >= 4 is 40.6 Å². The van der Waals surface area contributed by atoms with Gasteiger partial charge in [0.05, 0.1) is 21.3 Å². The lowest BCUT2D eigenvalue weighted by Crippen LogP contribution is -2.35. The van der Waals surface area contributed by atoms with Crippen LogP contribution in [-0.2, 0) is 4.79 Å². The number of hydrogen-bond acceptors (Lipinski definition) is 2. The standard InChI is InChI=1S/C15H15Cl2NO2/c16-10-6-7-11(17)13-12(10)14(19)15(20)18(13)8-9-4-2-1-3-5-9/h6-7,9H,1-5,8H2. The van der Waals surface area contributed by atoms with Gasteiger partial charge in [-0.15, -0.1) is 0 Å². The maximum absolute atomic E-state index is 12.2.